The van der Waals surface area contributed by atoms with E-state index < -0.39 is 10.0 Å². The van der Waals surface area contributed by atoms with Crippen LogP contribution in [0.4, 0.5) is 5.13 Å². The molecule has 25 heavy (non-hydrogen) atoms. The van der Waals surface area contributed by atoms with E-state index in [2.05, 4.69) is 15.3 Å². The fourth-order valence-electron chi connectivity index (χ4n) is 2.74. The average molecular weight is 380 g/mol. The number of carbonyl (C=O) groups is 1. The van der Waals surface area contributed by atoms with Gasteiger partial charge in [-0.05, 0) is 38.8 Å². The van der Waals surface area contributed by atoms with E-state index in [1.807, 2.05) is 13.8 Å². The molecule has 0 aliphatic carbocycles. The molecule has 0 atom stereocenters. The minimum atomic E-state index is -3.54. The summed E-state index contributed by atoms with van der Waals surface area (Å²) in [7, 11) is -3.54. The van der Waals surface area contributed by atoms with Gasteiger partial charge in [-0.15, -0.1) is 11.3 Å². The first-order valence-corrected chi connectivity index (χ1v) is 10.3. The number of hydrogen-bond acceptors (Lipinski definition) is 6. The maximum atomic E-state index is 12.6. The van der Waals surface area contributed by atoms with E-state index in [-0.39, 0.29) is 16.7 Å². The largest absolute Gasteiger partial charge is 0.302 e. The first-order chi connectivity index (χ1) is 11.9. The standard InChI is InChI=1S/C16H20N4O3S2/c1-11-12(2)24-16(18-11)19-15(21)13-5-8-20(9-6-13)25(22,23)14-4-3-7-17-10-14/h3-4,7,10,13H,5-6,8-9H2,1-2H3,(H,18,19,21). The Morgan fingerprint density at radius 3 is 2.60 bits per heavy atom. The number of sulfonamides is 1. The molecule has 0 bridgehead atoms. The summed E-state index contributed by atoms with van der Waals surface area (Å²) in [4.78, 5) is 21.8. The van der Waals surface area contributed by atoms with Crippen LogP contribution in [0, 0.1) is 19.8 Å². The van der Waals surface area contributed by atoms with Crippen LogP contribution in [0.1, 0.15) is 23.4 Å². The Kier molecular flexibility index (Phi) is 5.16. The summed E-state index contributed by atoms with van der Waals surface area (Å²) in [5.74, 6) is -0.294. The lowest BCUT2D eigenvalue weighted by Gasteiger charge is -2.30. The number of anilines is 1. The Morgan fingerprint density at radius 2 is 2.04 bits per heavy atom. The molecule has 2 aromatic rings. The van der Waals surface area contributed by atoms with Gasteiger partial charge in [0, 0.05) is 36.3 Å². The van der Waals surface area contributed by atoms with E-state index in [0.29, 0.717) is 31.1 Å². The molecule has 1 N–H and O–H groups in total. The van der Waals surface area contributed by atoms with Crippen LogP contribution in [0.2, 0.25) is 0 Å². The molecule has 0 spiro atoms. The summed E-state index contributed by atoms with van der Waals surface area (Å²) in [6, 6.07) is 3.14. The fraction of sp³-hybridized carbons (Fsp3) is 0.438. The number of thiazole rings is 1. The number of aromatic nitrogens is 2. The molecule has 1 aliphatic rings. The zero-order valence-corrected chi connectivity index (χ0v) is 15.7. The SMILES string of the molecule is Cc1nc(NC(=O)C2CCN(S(=O)(=O)c3cccnc3)CC2)sc1C. The minimum absolute atomic E-state index is 0.0906. The summed E-state index contributed by atoms with van der Waals surface area (Å²) >= 11 is 1.45. The van der Waals surface area contributed by atoms with E-state index in [1.165, 1.54) is 34.1 Å². The van der Waals surface area contributed by atoms with Gasteiger partial charge in [-0.3, -0.25) is 9.78 Å². The number of nitrogens with one attached hydrogen (secondary N) is 1. The zero-order valence-electron chi connectivity index (χ0n) is 14.1. The van der Waals surface area contributed by atoms with Crippen LogP contribution in [-0.2, 0) is 14.8 Å². The molecule has 134 valence electrons. The zero-order chi connectivity index (χ0) is 18.0. The van der Waals surface area contributed by atoms with Crippen molar-refractivity contribution in [2.45, 2.75) is 31.6 Å². The highest BCUT2D eigenvalue weighted by Crippen LogP contribution is 2.26. The summed E-state index contributed by atoms with van der Waals surface area (Å²) in [5, 5.41) is 3.45. The Morgan fingerprint density at radius 1 is 1.32 bits per heavy atom. The summed E-state index contributed by atoms with van der Waals surface area (Å²) in [5.41, 5.74) is 0.915. The molecule has 1 aliphatic heterocycles. The predicted octanol–water partition coefficient (Wildman–Crippen LogP) is 2.19. The summed E-state index contributed by atoms with van der Waals surface area (Å²) in [6.07, 6.45) is 3.88. The lowest BCUT2D eigenvalue weighted by molar-refractivity contribution is -0.120. The molecule has 3 rings (SSSR count). The van der Waals surface area contributed by atoms with E-state index in [9.17, 15) is 13.2 Å². The highest BCUT2D eigenvalue weighted by molar-refractivity contribution is 7.89. The molecule has 3 heterocycles. The van der Waals surface area contributed by atoms with Crippen molar-refractivity contribution in [1.29, 1.82) is 0 Å². The van der Waals surface area contributed by atoms with Crippen molar-refractivity contribution in [2.24, 2.45) is 5.92 Å². The number of piperidine rings is 1. The second-order valence-electron chi connectivity index (χ2n) is 6.02. The smallest absolute Gasteiger partial charge is 0.244 e. The topological polar surface area (TPSA) is 92.3 Å². The molecule has 2 aromatic heterocycles. The second kappa shape index (κ2) is 7.19. The van der Waals surface area contributed by atoms with Gasteiger partial charge in [0.1, 0.15) is 4.90 Å². The van der Waals surface area contributed by atoms with Crippen molar-refractivity contribution in [2.75, 3.05) is 18.4 Å². The van der Waals surface area contributed by atoms with E-state index in [0.717, 1.165) is 10.6 Å². The van der Waals surface area contributed by atoms with Crippen LogP contribution in [0.5, 0.6) is 0 Å². The van der Waals surface area contributed by atoms with Gasteiger partial charge in [0.25, 0.3) is 0 Å². The van der Waals surface area contributed by atoms with Crippen molar-refractivity contribution in [3.63, 3.8) is 0 Å². The van der Waals surface area contributed by atoms with Crippen LogP contribution in [0.25, 0.3) is 0 Å². The number of amides is 1. The normalized spacial score (nSPS) is 16.7. The Bertz CT molecular complexity index is 837. The first-order valence-electron chi connectivity index (χ1n) is 8.03. The third-order valence-electron chi connectivity index (χ3n) is 4.36. The molecule has 0 aromatic carbocycles. The third-order valence-corrected chi connectivity index (χ3v) is 7.23. The van der Waals surface area contributed by atoms with Crippen molar-refractivity contribution >= 4 is 32.4 Å². The maximum Gasteiger partial charge on any atom is 0.244 e. The van der Waals surface area contributed by atoms with Gasteiger partial charge in [0.15, 0.2) is 5.13 Å². The van der Waals surface area contributed by atoms with Crippen molar-refractivity contribution < 1.29 is 13.2 Å². The maximum absolute atomic E-state index is 12.6. The molecular formula is C16H20N4O3S2. The van der Waals surface area contributed by atoms with Crippen LogP contribution in [-0.4, -0.2) is 41.7 Å². The molecule has 7 nitrogen and oxygen atoms in total. The molecule has 1 fully saturated rings. The Balaban J connectivity index is 1.61. The van der Waals surface area contributed by atoms with Gasteiger partial charge in [-0.25, -0.2) is 13.4 Å². The number of nitrogens with zero attached hydrogens (tertiary/aromatic N) is 3. The first kappa shape index (κ1) is 18.0. The van der Waals surface area contributed by atoms with Crippen LogP contribution < -0.4 is 5.32 Å². The van der Waals surface area contributed by atoms with E-state index in [4.69, 9.17) is 0 Å². The van der Waals surface area contributed by atoms with Gasteiger partial charge in [-0.2, -0.15) is 4.31 Å². The number of rotatable bonds is 4. The molecular weight excluding hydrogens is 360 g/mol. The number of hydrogen-bond donors (Lipinski definition) is 1. The highest BCUT2D eigenvalue weighted by atomic mass is 32.2. The van der Waals surface area contributed by atoms with Crippen molar-refractivity contribution in [3.8, 4) is 0 Å². The van der Waals surface area contributed by atoms with Gasteiger partial charge in [0.05, 0.1) is 5.69 Å². The molecule has 9 heteroatoms. The molecule has 0 saturated carbocycles. The lowest BCUT2D eigenvalue weighted by Crippen LogP contribution is -2.41. The van der Waals surface area contributed by atoms with Crippen molar-refractivity contribution in [1.82, 2.24) is 14.3 Å². The van der Waals surface area contributed by atoms with Gasteiger partial charge in [-0.1, -0.05) is 0 Å². The minimum Gasteiger partial charge on any atom is -0.302 e. The summed E-state index contributed by atoms with van der Waals surface area (Å²) < 4.78 is 26.6. The quantitative estimate of drug-likeness (QED) is 0.878. The number of pyridine rings is 1. The van der Waals surface area contributed by atoms with Crippen LogP contribution in [0.15, 0.2) is 29.4 Å². The highest BCUT2D eigenvalue weighted by Gasteiger charge is 2.32. The third kappa shape index (κ3) is 3.88. The van der Waals surface area contributed by atoms with E-state index in [1.54, 1.807) is 6.07 Å². The number of aryl methyl sites for hydroxylation is 2. The second-order valence-corrected chi connectivity index (χ2v) is 9.16. The molecule has 0 unspecified atom stereocenters. The molecule has 1 amide bonds. The van der Waals surface area contributed by atoms with Gasteiger partial charge >= 0.3 is 0 Å². The van der Waals surface area contributed by atoms with Gasteiger partial charge in [0.2, 0.25) is 15.9 Å². The Labute approximate surface area is 151 Å². The van der Waals surface area contributed by atoms with Crippen molar-refractivity contribution in [3.05, 3.63) is 35.1 Å². The number of carbonyl (C=O) groups excluding carboxylic acids is 1. The fourth-order valence-corrected chi connectivity index (χ4v) is 4.99. The molecule has 1 saturated heterocycles. The predicted molar refractivity (Wildman–Crippen MR) is 95.9 cm³/mol. The van der Waals surface area contributed by atoms with Gasteiger partial charge < -0.3 is 5.32 Å². The summed E-state index contributed by atoms with van der Waals surface area (Å²) in [6.45, 7) is 4.52. The monoisotopic (exact) mass is 380 g/mol. The lowest BCUT2D eigenvalue weighted by atomic mass is 9.97. The van der Waals surface area contributed by atoms with Crippen LogP contribution >= 0.6 is 11.3 Å². The molecule has 0 radical (unpaired) electrons. The Hall–Kier alpha value is -1.84. The van der Waals surface area contributed by atoms with E-state index >= 15 is 0 Å². The van der Waals surface area contributed by atoms with Crippen LogP contribution in [0.3, 0.4) is 0 Å². The average Bonchev–Trinajstić information content (AvgIpc) is 2.93.